The molecule has 1 aromatic rings. The summed E-state index contributed by atoms with van der Waals surface area (Å²) < 4.78 is 26.4. The Hall–Kier alpha value is -1.13. The lowest BCUT2D eigenvalue weighted by atomic mass is 10.1. The minimum absolute atomic E-state index is 0. The van der Waals surface area contributed by atoms with Gasteiger partial charge in [0.1, 0.15) is 0 Å². The van der Waals surface area contributed by atoms with Crippen LogP contribution in [-0.4, -0.2) is 39.4 Å². The van der Waals surface area contributed by atoms with E-state index in [0.29, 0.717) is 24.6 Å². The molecule has 0 saturated carbocycles. The smallest absolute Gasteiger partial charge is 0.243 e. The van der Waals surface area contributed by atoms with Gasteiger partial charge in [-0.3, -0.25) is 0 Å². The number of nitrogens with zero attached hydrogens (tertiary/aromatic N) is 2. The van der Waals surface area contributed by atoms with E-state index in [2.05, 4.69) is 5.32 Å². The molecule has 0 amide bonds. The molecule has 0 radical (unpaired) electrons. The molecular weight excluding hydrogens is 298 g/mol. The molecule has 5 nitrogen and oxygen atoms in total. The number of rotatable bonds is 4. The number of hydrogen-bond acceptors (Lipinski definition) is 4. The molecule has 2 rings (SSSR count). The lowest BCUT2D eigenvalue weighted by Gasteiger charge is -2.16. The average molecular weight is 316 g/mol. The van der Waals surface area contributed by atoms with Gasteiger partial charge in [-0.25, -0.2) is 8.42 Å². The van der Waals surface area contributed by atoms with Crippen LogP contribution >= 0.6 is 12.4 Å². The normalized spacial score (nSPS) is 19.3. The van der Waals surface area contributed by atoms with E-state index in [4.69, 9.17) is 5.26 Å². The van der Waals surface area contributed by atoms with Crippen molar-refractivity contribution in [2.24, 2.45) is 5.92 Å². The number of hydrogen-bond donors (Lipinski definition) is 1. The van der Waals surface area contributed by atoms with Crippen molar-refractivity contribution in [3.05, 3.63) is 29.8 Å². The van der Waals surface area contributed by atoms with E-state index in [9.17, 15) is 8.42 Å². The minimum atomic E-state index is -3.47. The molecule has 0 bridgehead atoms. The Kier molecular flexibility index (Phi) is 5.96. The topological polar surface area (TPSA) is 73.2 Å². The summed E-state index contributed by atoms with van der Waals surface area (Å²) in [4.78, 5) is 0.205. The highest BCUT2D eigenvalue weighted by molar-refractivity contribution is 7.89. The fraction of sp³-hybridized carbons (Fsp3) is 0.462. The molecule has 20 heavy (non-hydrogen) atoms. The van der Waals surface area contributed by atoms with Crippen LogP contribution in [0.5, 0.6) is 0 Å². The average Bonchev–Trinajstić information content (AvgIpc) is 2.88. The molecule has 1 saturated heterocycles. The Morgan fingerprint density at radius 3 is 2.90 bits per heavy atom. The zero-order valence-electron chi connectivity index (χ0n) is 11.2. The second kappa shape index (κ2) is 7.04. The predicted molar refractivity (Wildman–Crippen MR) is 79.2 cm³/mol. The van der Waals surface area contributed by atoms with Gasteiger partial charge in [0.25, 0.3) is 0 Å². The Morgan fingerprint density at radius 2 is 2.25 bits per heavy atom. The van der Waals surface area contributed by atoms with E-state index in [1.54, 1.807) is 18.2 Å². The van der Waals surface area contributed by atoms with Crippen LogP contribution in [0.15, 0.2) is 29.2 Å². The Bertz CT molecular complexity index is 598. The highest BCUT2D eigenvalue weighted by atomic mass is 35.5. The van der Waals surface area contributed by atoms with Crippen LogP contribution in [0.3, 0.4) is 0 Å². The van der Waals surface area contributed by atoms with E-state index in [1.807, 2.05) is 13.1 Å². The molecule has 0 spiro atoms. The van der Waals surface area contributed by atoms with Crippen LogP contribution in [0.4, 0.5) is 0 Å². The molecule has 1 unspecified atom stereocenters. The van der Waals surface area contributed by atoms with Gasteiger partial charge in [0, 0.05) is 13.1 Å². The Balaban J connectivity index is 0.00000200. The lowest BCUT2D eigenvalue weighted by molar-refractivity contribution is 0.451. The van der Waals surface area contributed by atoms with Crippen molar-refractivity contribution in [2.45, 2.75) is 11.3 Å². The molecule has 1 aromatic carbocycles. The van der Waals surface area contributed by atoms with Crippen molar-refractivity contribution in [3.63, 3.8) is 0 Å². The molecule has 7 heteroatoms. The van der Waals surface area contributed by atoms with E-state index < -0.39 is 10.0 Å². The summed E-state index contributed by atoms with van der Waals surface area (Å²) in [7, 11) is -1.60. The third kappa shape index (κ3) is 3.49. The van der Waals surface area contributed by atoms with Gasteiger partial charge in [0.15, 0.2) is 0 Å². The van der Waals surface area contributed by atoms with Crippen molar-refractivity contribution in [3.8, 4) is 6.07 Å². The first kappa shape index (κ1) is 16.9. The maximum absolute atomic E-state index is 12.4. The molecule has 1 fully saturated rings. The molecule has 110 valence electrons. The summed E-state index contributed by atoms with van der Waals surface area (Å²) in [6, 6.07) is 8.15. The SMILES string of the molecule is CNCC1CCN(S(=O)(=O)c2cccc(C#N)c2)C1.Cl. The van der Waals surface area contributed by atoms with Gasteiger partial charge in [-0.1, -0.05) is 6.07 Å². The largest absolute Gasteiger partial charge is 0.319 e. The summed E-state index contributed by atoms with van der Waals surface area (Å²) in [6.07, 6.45) is 0.873. The molecule has 1 aliphatic heterocycles. The number of sulfonamides is 1. The van der Waals surface area contributed by atoms with Gasteiger partial charge >= 0.3 is 0 Å². The summed E-state index contributed by atoms with van der Waals surface area (Å²) in [5.41, 5.74) is 0.368. The lowest BCUT2D eigenvalue weighted by Crippen LogP contribution is -2.30. The van der Waals surface area contributed by atoms with E-state index >= 15 is 0 Å². The number of halogens is 1. The number of nitriles is 1. The Morgan fingerprint density at radius 1 is 1.50 bits per heavy atom. The van der Waals surface area contributed by atoms with Crippen LogP contribution in [-0.2, 0) is 10.0 Å². The zero-order valence-corrected chi connectivity index (χ0v) is 12.9. The van der Waals surface area contributed by atoms with E-state index in [-0.39, 0.29) is 17.3 Å². The van der Waals surface area contributed by atoms with Crippen LogP contribution in [0.1, 0.15) is 12.0 Å². The predicted octanol–water partition coefficient (Wildman–Crippen LogP) is 1.21. The molecule has 1 atom stereocenters. The highest BCUT2D eigenvalue weighted by Gasteiger charge is 2.32. The van der Waals surface area contributed by atoms with Crippen LogP contribution in [0, 0.1) is 17.2 Å². The zero-order chi connectivity index (χ0) is 13.9. The maximum atomic E-state index is 12.4. The molecule has 0 aromatic heterocycles. The monoisotopic (exact) mass is 315 g/mol. The third-order valence-corrected chi connectivity index (χ3v) is 5.20. The van der Waals surface area contributed by atoms with Gasteiger partial charge in [-0.05, 0) is 44.1 Å². The number of benzene rings is 1. The fourth-order valence-electron chi connectivity index (χ4n) is 2.35. The first-order chi connectivity index (χ1) is 9.07. The van der Waals surface area contributed by atoms with Crippen LogP contribution < -0.4 is 5.32 Å². The van der Waals surface area contributed by atoms with Crippen molar-refractivity contribution >= 4 is 22.4 Å². The maximum Gasteiger partial charge on any atom is 0.243 e. The first-order valence-corrected chi connectivity index (χ1v) is 7.67. The van der Waals surface area contributed by atoms with Crippen LogP contribution in [0.2, 0.25) is 0 Å². The molecule has 1 heterocycles. The quantitative estimate of drug-likeness (QED) is 0.906. The molecule has 0 aliphatic carbocycles. The van der Waals surface area contributed by atoms with Gasteiger partial charge < -0.3 is 5.32 Å². The van der Waals surface area contributed by atoms with Gasteiger partial charge in [-0.15, -0.1) is 12.4 Å². The highest BCUT2D eigenvalue weighted by Crippen LogP contribution is 2.24. The summed E-state index contributed by atoms with van der Waals surface area (Å²) >= 11 is 0. The molecular formula is C13H18ClN3O2S. The Labute approximate surface area is 126 Å². The second-order valence-electron chi connectivity index (χ2n) is 4.72. The number of nitrogens with one attached hydrogen (secondary N) is 1. The first-order valence-electron chi connectivity index (χ1n) is 6.23. The van der Waals surface area contributed by atoms with Crippen LogP contribution in [0.25, 0.3) is 0 Å². The molecule has 1 aliphatic rings. The summed E-state index contributed by atoms with van der Waals surface area (Å²) in [6.45, 7) is 1.91. The van der Waals surface area contributed by atoms with Gasteiger partial charge in [0.05, 0.1) is 16.5 Å². The minimum Gasteiger partial charge on any atom is -0.319 e. The van der Waals surface area contributed by atoms with Gasteiger partial charge in [-0.2, -0.15) is 9.57 Å². The fourth-order valence-corrected chi connectivity index (χ4v) is 3.92. The van der Waals surface area contributed by atoms with Crippen molar-refractivity contribution in [2.75, 3.05) is 26.7 Å². The third-order valence-electron chi connectivity index (χ3n) is 3.34. The van der Waals surface area contributed by atoms with Crippen molar-refractivity contribution in [1.82, 2.24) is 9.62 Å². The summed E-state index contributed by atoms with van der Waals surface area (Å²) in [5, 5.41) is 11.9. The van der Waals surface area contributed by atoms with Gasteiger partial charge in [0.2, 0.25) is 10.0 Å². The van der Waals surface area contributed by atoms with E-state index in [1.165, 1.54) is 10.4 Å². The van der Waals surface area contributed by atoms with Crippen molar-refractivity contribution < 1.29 is 8.42 Å². The second-order valence-corrected chi connectivity index (χ2v) is 6.65. The van der Waals surface area contributed by atoms with Crippen molar-refractivity contribution in [1.29, 1.82) is 5.26 Å². The summed E-state index contributed by atoms with van der Waals surface area (Å²) in [5.74, 6) is 0.360. The molecule has 1 N–H and O–H groups in total. The van der Waals surface area contributed by atoms with E-state index in [0.717, 1.165) is 13.0 Å². The standard InChI is InChI=1S/C13H17N3O2S.ClH/c1-15-9-12-5-6-16(10-12)19(17,18)13-4-2-3-11(7-13)8-14;/h2-4,7,12,15H,5-6,9-10H2,1H3;1H.